The van der Waals surface area contributed by atoms with Crippen LogP contribution in [0.1, 0.15) is 25.8 Å². The lowest BCUT2D eigenvalue weighted by molar-refractivity contribution is -0.120. The molecule has 4 heteroatoms. The molecule has 0 radical (unpaired) electrons. The molecule has 0 spiro atoms. The topological polar surface area (TPSA) is 55.8 Å². The molecular weight excluding hydrogens is 244 g/mol. The average Bonchev–Trinajstić information content (AvgIpc) is 2.39. The summed E-state index contributed by atoms with van der Waals surface area (Å²) in [6.07, 6.45) is 3.89. The van der Waals surface area contributed by atoms with Gasteiger partial charge >= 0.3 is 0 Å². The van der Waals surface area contributed by atoms with Crippen LogP contribution in [-0.2, 0) is 4.79 Å². The SMILES string of the molecule is CC/C(O)=C\C=C(/C)Oc1ccc(OC=O)cc1C. The van der Waals surface area contributed by atoms with Crippen molar-refractivity contribution >= 4 is 6.47 Å². The third-order valence-corrected chi connectivity index (χ3v) is 2.47. The van der Waals surface area contributed by atoms with Crippen LogP contribution < -0.4 is 9.47 Å². The van der Waals surface area contributed by atoms with Crippen molar-refractivity contribution in [3.05, 3.63) is 47.4 Å². The molecule has 0 aromatic heterocycles. The number of benzene rings is 1. The second-order valence-electron chi connectivity index (χ2n) is 4.03. The lowest BCUT2D eigenvalue weighted by atomic mass is 10.2. The van der Waals surface area contributed by atoms with Gasteiger partial charge in [-0.3, -0.25) is 4.79 Å². The van der Waals surface area contributed by atoms with Gasteiger partial charge in [0.1, 0.15) is 17.3 Å². The summed E-state index contributed by atoms with van der Waals surface area (Å²) in [7, 11) is 0. The number of aryl methyl sites for hydroxylation is 1. The summed E-state index contributed by atoms with van der Waals surface area (Å²) < 4.78 is 10.4. The molecule has 0 aliphatic carbocycles. The van der Waals surface area contributed by atoms with Crippen molar-refractivity contribution < 1.29 is 19.4 Å². The minimum absolute atomic E-state index is 0.300. The van der Waals surface area contributed by atoms with Crippen molar-refractivity contribution in [3.63, 3.8) is 0 Å². The normalized spacial score (nSPS) is 12.2. The van der Waals surface area contributed by atoms with Crippen molar-refractivity contribution in [2.75, 3.05) is 0 Å². The number of aliphatic hydroxyl groups is 1. The van der Waals surface area contributed by atoms with Gasteiger partial charge in [0, 0.05) is 6.42 Å². The minimum Gasteiger partial charge on any atom is -0.512 e. The fourth-order valence-electron chi connectivity index (χ4n) is 1.40. The van der Waals surface area contributed by atoms with E-state index in [1.54, 1.807) is 37.3 Å². The number of ether oxygens (including phenoxy) is 2. The third-order valence-electron chi connectivity index (χ3n) is 2.47. The van der Waals surface area contributed by atoms with E-state index < -0.39 is 0 Å². The summed E-state index contributed by atoms with van der Waals surface area (Å²) in [5.41, 5.74) is 0.857. The summed E-state index contributed by atoms with van der Waals surface area (Å²) in [6, 6.07) is 5.11. The Hall–Kier alpha value is -2.23. The first-order valence-electron chi connectivity index (χ1n) is 6.02. The van der Waals surface area contributed by atoms with E-state index in [0.29, 0.717) is 35.9 Å². The van der Waals surface area contributed by atoms with Gasteiger partial charge in [0.2, 0.25) is 0 Å². The molecule has 0 heterocycles. The van der Waals surface area contributed by atoms with Gasteiger partial charge in [-0.1, -0.05) is 6.92 Å². The van der Waals surface area contributed by atoms with Gasteiger partial charge in [-0.15, -0.1) is 0 Å². The van der Waals surface area contributed by atoms with E-state index in [-0.39, 0.29) is 0 Å². The molecule has 0 amide bonds. The summed E-state index contributed by atoms with van der Waals surface area (Å²) >= 11 is 0. The number of carbonyl (C=O) groups excluding carboxylic acids is 1. The maximum absolute atomic E-state index is 10.2. The molecule has 1 aromatic rings. The lowest BCUT2D eigenvalue weighted by Crippen LogP contribution is -1.95. The third kappa shape index (κ3) is 4.87. The van der Waals surface area contributed by atoms with Crippen LogP contribution in [0.2, 0.25) is 0 Å². The lowest BCUT2D eigenvalue weighted by Gasteiger charge is -2.09. The van der Waals surface area contributed by atoms with E-state index in [1.165, 1.54) is 0 Å². The fourth-order valence-corrected chi connectivity index (χ4v) is 1.40. The molecule has 1 N–H and O–H groups in total. The zero-order valence-electron chi connectivity index (χ0n) is 11.3. The Bertz CT molecular complexity index is 501. The first-order chi connectivity index (χ1) is 9.06. The van der Waals surface area contributed by atoms with Crippen molar-refractivity contribution in [2.24, 2.45) is 0 Å². The number of carbonyl (C=O) groups is 1. The molecule has 1 aromatic carbocycles. The standard InChI is InChI=1S/C15H18O4/c1-4-13(17)6-5-12(3)19-15-8-7-14(18-10-16)9-11(15)2/h5-10,17H,4H2,1-3H3/b12-5+,13-6+. The van der Waals surface area contributed by atoms with E-state index in [1.807, 2.05) is 13.8 Å². The van der Waals surface area contributed by atoms with E-state index in [0.717, 1.165) is 5.56 Å². The zero-order valence-corrected chi connectivity index (χ0v) is 11.3. The molecule has 0 bridgehead atoms. The van der Waals surface area contributed by atoms with Crippen LogP contribution in [0.15, 0.2) is 41.9 Å². The van der Waals surface area contributed by atoms with E-state index >= 15 is 0 Å². The largest absolute Gasteiger partial charge is 0.512 e. The van der Waals surface area contributed by atoms with Gasteiger partial charge in [0.15, 0.2) is 0 Å². The first-order valence-corrected chi connectivity index (χ1v) is 6.02. The Labute approximate surface area is 113 Å². The highest BCUT2D eigenvalue weighted by atomic mass is 16.5. The number of rotatable bonds is 6. The Balaban J connectivity index is 2.79. The minimum atomic E-state index is 0.300. The van der Waals surface area contributed by atoms with Crippen LogP contribution in [0.5, 0.6) is 11.5 Å². The average molecular weight is 262 g/mol. The molecule has 1 rings (SSSR count). The molecule has 4 nitrogen and oxygen atoms in total. The van der Waals surface area contributed by atoms with Crippen molar-refractivity contribution in [1.29, 1.82) is 0 Å². The Morgan fingerprint density at radius 1 is 1.37 bits per heavy atom. The van der Waals surface area contributed by atoms with E-state index in [4.69, 9.17) is 9.47 Å². The Morgan fingerprint density at radius 3 is 2.68 bits per heavy atom. The van der Waals surface area contributed by atoms with Crippen molar-refractivity contribution in [1.82, 2.24) is 0 Å². The number of hydrogen-bond donors (Lipinski definition) is 1. The van der Waals surface area contributed by atoms with Gasteiger partial charge in [-0.25, -0.2) is 0 Å². The molecule has 0 unspecified atom stereocenters. The second kappa shape index (κ2) is 7.26. The molecule has 0 fully saturated rings. The van der Waals surface area contributed by atoms with Crippen LogP contribution in [0, 0.1) is 6.92 Å². The number of aliphatic hydroxyl groups excluding tert-OH is 1. The molecular formula is C15H18O4. The zero-order chi connectivity index (χ0) is 14.3. The number of allylic oxidation sites excluding steroid dienone is 4. The van der Waals surface area contributed by atoms with Crippen LogP contribution >= 0.6 is 0 Å². The first kappa shape index (κ1) is 14.8. The smallest absolute Gasteiger partial charge is 0.298 e. The highest BCUT2D eigenvalue weighted by molar-refractivity contribution is 5.48. The quantitative estimate of drug-likeness (QED) is 0.483. The van der Waals surface area contributed by atoms with E-state index in [2.05, 4.69) is 0 Å². The van der Waals surface area contributed by atoms with Gasteiger partial charge in [0.05, 0.1) is 5.76 Å². The van der Waals surface area contributed by atoms with E-state index in [9.17, 15) is 9.90 Å². The Kier molecular flexibility index (Phi) is 5.67. The van der Waals surface area contributed by atoms with Crippen LogP contribution in [0.3, 0.4) is 0 Å². The summed E-state index contributed by atoms with van der Waals surface area (Å²) in [5.74, 6) is 2.11. The molecule has 102 valence electrons. The van der Waals surface area contributed by atoms with Gasteiger partial charge < -0.3 is 14.6 Å². The predicted octanol–water partition coefficient (Wildman–Crippen LogP) is 3.66. The highest BCUT2D eigenvalue weighted by Crippen LogP contribution is 2.24. The van der Waals surface area contributed by atoms with Crippen molar-refractivity contribution in [2.45, 2.75) is 27.2 Å². The molecule has 0 saturated heterocycles. The highest BCUT2D eigenvalue weighted by Gasteiger charge is 2.03. The molecule has 0 aliphatic rings. The van der Waals surface area contributed by atoms with Crippen LogP contribution in [0.4, 0.5) is 0 Å². The maximum atomic E-state index is 10.2. The summed E-state index contributed by atoms with van der Waals surface area (Å²) in [5, 5.41) is 9.33. The Morgan fingerprint density at radius 2 is 2.11 bits per heavy atom. The monoisotopic (exact) mass is 262 g/mol. The summed E-state index contributed by atoms with van der Waals surface area (Å²) in [4.78, 5) is 10.2. The van der Waals surface area contributed by atoms with Crippen LogP contribution in [-0.4, -0.2) is 11.6 Å². The predicted molar refractivity (Wildman–Crippen MR) is 73.3 cm³/mol. The summed E-state index contributed by atoms with van der Waals surface area (Å²) in [6.45, 7) is 5.92. The molecule has 0 aliphatic heterocycles. The van der Waals surface area contributed by atoms with Crippen LogP contribution in [0.25, 0.3) is 0 Å². The van der Waals surface area contributed by atoms with Gasteiger partial charge in [0.25, 0.3) is 6.47 Å². The van der Waals surface area contributed by atoms with Gasteiger partial charge in [-0.05, 0) is 49.8 Å². The fraction of sp³-hybridized carbons (Fsp3) is 0.267. The molecule has 0 atom stereocenters. The molecule has 19 heavy (non-hydrogen) atoms. The molecule has 0 saturated carbocycles. The second-order valence-corrected chi connectivity index (χ2v) is 4.03. The maximum Gasteiger partial charge on any atom is 0.298 e. The number of hydrogen-bond acceptors (Lipinski definition) is 4. The van der Waals surface area contributed by atoms with Crippen molar-refractivity contribution in [3.8, 4) is 11.5 Å². The van der Waals surface area contributed by atoms with Gasteiger partial charge in [-0.2, -0.15) is 0 Å².